The molecule has 0 unspecified atom stereocenters. The molecule has 1 aromatic carbocycles. The third-order valence-corrected chi connectivity index (χ3v) is 2.31. The summed E-state index contributed by atoms with van der Waals surface area (Å²) in [4.78, 5) is 33.5. The van der Waals surface area contributed by atoms with Gasteiger partial charge in [0.05, 0.1) is 0 Å². The lowest BCUT2D eigenvalue weighted by Gasteiger charge is -2.12. The van der Waals surface area contributed by atoms with E-state index in [-0.39, 0.29) is 6.54 Å². The predicted molar refractivity (Wildman–Crippen MR) is 63.8 cm³/mol. The second kappa shape index (κ2) is 5.30. The first-order valence-electron chi connectivity index (χ1n) is 5.40. The predicted octanol–water partition coefficient (Wildman–Crippen LogP) is 0.422. The molecule has 98 valence electrons. The van der Waals surface area contributed by atoms with Crippen LogP contribution in [0, 0.1) is 5.82 Å². The fourth-order valence-electron chi connectivity index (χ4n) is 1.48. The van der Waals surface area contributed by atoms with E-state index in [9.17, 15) is 18.8 Å². The summed E-state index contributed by atoms with van der Waals surface area (Å²) in [5.41, 5.74) is 2.74. The van der Waals surface area contributed by atoms with E-state index in [1.807, 2.05) is 5.32 Å². The van der Waals surface area contributed by atoms with E-state index < -0.39 is 23.7 Å². The van der Waals surface area contributed by atoms with Crippen LogP contribution >= 0.6 is 0 Å². The summed E-state index contributed by atoms with van der Waals surface area (Å²) in [6.07, 6.45) is 2.54. The number of carbonyl (C=O) groups excluding carboxylic acids is 3. The molecule has 2 rings (SSSR count). The van der Waals surface area contributed by atoms with Crippen LogP contribution in [0.25, 0.3) is 6.08 Å². The molecule has 1 fully saturated rings. The quantitative estimate of drug-likeness (QED) is 0.613. The fraction of sp³-hybridized carbons (Fsp3) is 0.0833. The minimum Gasteiger partial charge on any atom is -0.275 e. The zero-order chi connectivity index (χ0) is 13.8. The van der Waals surface area contributed by atoms with E-state index in [0.29, 0.717) is 5.56 Å². The molecule has 1 aliphatic heterocycles. The molecule has 0 bridgehead atoms. The highest BCUT2D eigenvalue weighted by atomic mass is 19.1. The van der Waals surface area contributed by atoms with E-state index >= 15 is 0 Å². The Labute approximate surface area is 107 Å². The number of nitrogens with one attached hydrogen (secondary N) is 2. The number of imide groups is 1. The molecule has 0 spiro atoms. The van der Waals surface area contributed by atoms with Gasteiger partial charge in [-0.2, -0.15) is 0 Å². The number of hydrazine groups is 1. The highest BCUT2D eigenvalue weighted by molar-refractivity contribution is 6.03. The average Bonchev–Trinajstić information content (AvgIpc) is 2.65. The van der Waals surface area contributed by atoms with Crippen molar-refractivity contribution in [1.82, 2.24) is 15.8 Å². The van der Waals surface area contributed by atoms with Gasteiger partial charge in [-0.25, -0.2) is 14.2 Å². The van der Waals surface area contributed by atoms with Crippen molar-refractivity contribution in [3.63, 3.8) is 0 Å². The number of halogens is 1. The first kappa shape index (κ1) is 12.7. The van der Waals surface area contributed by atoms with Crippen LogP contribution in [0.5, 0.6) is 0 Å². The molecule has 1 aliphatic rings. The Hall–Kier alpha value is -2.70. The van der Waals surface area contributed by atoms with Gasteiger partial charge in [-0.3, -0.25) is 20.3 Å². The lowest BCUT2D eigenvalue weighted by Crippen LogP contribution is -2.43. The van der Waals surface area contributed by atoms with Crippen LogP contribution < -0.4 is 10.7 Å². The minimum atomic E-state index is -0.683. The first-order chi connectivity index (χ1) is 9.04. The van der Waals surface area contributed by atoms with Gasteiger partial charge in [0.2, 0.25) is 5.91 Å². The van der Waals surface area contributed by atoms with Crippen molar-refractivity contribution in [1.29, 1.82) is 0 Å². The van der Waals surface area contributed by atoms with E-state index in [0.717, 1.165) is 11.1 Å². The Morgan fingerprint density at radius 3 is 2.84 bits per heavy atom. The van der Waals surface area contributed by atoms with E-state index in [4.69, 9.17) is 0 Å². The third kappa shape index (κ3) is 3.38. The minimum absolute atomic E-state index is 0.224. The van der Waals surface area contributed by atoms with Crippen molar-refractivity contribution >= 4 is 23.9 Å². The number of urea groups is 1. The molecule has 0 saturated carbocycles. The maximum absolute atomic E-state index is 12.9. The van der Waals surface area contributed by atoms with Crippen molar-refractivity contribution in [2.45, 2.75) is 0 Å². The molecular formula is C12H10FN3O3. The summed E-state index contributed by atoms with van der Waals surface area (Å²) in [6.45, 7) is -0.224. The highest BCUT2D eigenvalue weighted by Gasteiger charge is 2.27. The van der Waals surface area contributed by atoms with Crippen LogP contribution in [0.4, 0.5) is 9.18 Å². The van der Waals surface area contributed by atoms with Gasteiger partial charge in [-0.1, -0.05) is 12.1 Å². The number of amides is 4. The molecule has 0 aromatic heterocycles. The standard InChI is InChI=1S/C12H10FN3O3/c13-9-3-1-2-8(6-9)4-5-10(17)15-16-7-11(18)14-12(16)19/h1-6H,7H2,(H,15,17)(H,14,18,19)/b5-4+. The van der Waals surface area contributed by atoms with E-state index in [2.05, 4.69) is 5.43 Å². The number of rotatable bonds is 3. The largest absolute Gasteiger partial charge is 0.343 e. The second-order valence-electron chi connectivity index (χ2n) is 3.80. The zero-order valence-corrected chi connectivity index (χ0v) is 9.72. The molecule has 0 aliphatic carbocycles. The van der Waals surface area contributed by atoms with E-state index in [1.54, 1.807) is 6.07 Å². The molecule has 0 radical (unpaired) electrons. The van der Waals surface area contributed by atoms with E-state index in [1.165, 1.54) is 24.3 Å². The topological polar surface area (TPSA) is 78.5 Å². The van der Waals surface area contributed by atoms with Crippen LogP contribution in [-0.2, 0) is 9.59 Å². The van der Waals surface area contributed by atoms with Crippen LogP contribution in [0.2, 0.25) is 0 Å². The summed E-state index contributed by atoms with van der Waals surface area (Å²) in [7, 11) is 0. The molecule has 0 atom stereocenters. The molecule has 4 amide bonds. The Kier molecular flexibility index (Phi) is 3.56. The van der Waals surface area contributed by atoms with Gasteiger partial charge >= 0.3 is 6.03 Å². The summed E-state index contributed by atoms with van der Waals surface area (Å²) >= 11 is 0. The van der Waals surface area contributed by atoms with Crippen molar-refractivity contribution in [2.24, 2.45) is 0 Å². The summed E-state index contributed by atoms with van der Waals surface area (Å²) in [6, 6.07) is 5.00. The number of hydrogen-bond acceptors (Lipinski definition) is 3. The third-order valence-electron chi connectivity index (χ3n) is 2.31. The molecule has 6 nitrogen and oxygen atoms in total. The van der Waals surface area contributed by atoms with Gasteiger partial charge in [-0.05, 0) is 23.8 Å². The lowest BCUT2D eigenvalue weighted by atomic mass is 10.2. The van der Waals surface area contributed by atoms with Crippen LogP contribution in [0.3, 0.4) is 0 Å². The van der Waals surface area contributed by atoms with Crippen molar-refractivity contribution in [2.75, 3.05) is 6.54 Å². The zero-order valence-electron chi connectivity index (χ0n) is 9.72. The monoisotopic (exact) mass is 263 g/mol. The molecular weight excluding hydrogens is 253 g/mol. The molecule has 7 heteroatoms. The Morgan fingerprint density at radius 1 is 1.42 bits per heavy atom. The highest BCUT2D eigenvalue weighted by Crippen LogP contribution is 2.05. The summed E-state index contributed by atoms with van der Waals surface area (Å²) in [5, 5.41) is 2.87. The van der Waals surface area contributed by atoms with Crippen LogP contribution in [-0.4, -0.2) is 29.4 Å². The van der Waals surface area contributed by atoms with Crippen molar-refractivity contribution in [3.8, 4) is 0 Å². The smallest absolute Gasteiger partial charge is 0.275 e. The molecule has 1 saturated heterocycles. The van der Waals surface area contributed by atoms with Gasteiger partial charge in [0.15, 0.2) is 0 Å². The van der Waals surface area contributed by atoms with Crippen molar-refractivity contribution < 1.29 is 18.8 Å². The van der Waals surface area contributed by atoms with Gasteiger partial charge in [-0.15, -0.1) is 0 Å². The Bertz CT molecular complexity index is 571. The fourth-order valence-corrected chi connectivity index (χ4v) is 1.48. The van der Waals surface area contributed by atoms with Crippen LogP contribution in [0.1, 0.15) is 5.56 Å². The molecule has 2 N–H and O–H groups in total. The number of carbonyl (C=O) groups is 3. The summed E-state index contributed by atoms with van der Waals surface area (Å²) in [5.74, 6) is -1.49. The molecule has 19 heavy (non-hydrogen) atoms. The lowest BCUT2D eigenvalue weighted by molar-refractivity contribution is -0.121. The number of hydrogen-bond donors (Lipinski definition) is 2. The Morgan fingerprint density at radius 2 is 2.21 bits per heavy atom. The Balaban J connectivity index is 1.94. The average molecular weight is 263 g/mol. The first-order valence-corrected chi connectivity index (χ1v) is 5.40. The maximum Gasteiger partial charge on any atom is 0.343 e. The van der Waals surface area contributed by atoms with Crippen LogP contribution in [0.15, 0.2) is 30.3 Å². The van der Waals surface area contributed by atoms with Gasteiger partial charge in [0, 0.05) is 6.08 Å². The van der Waals surface area contributed by atoms with Crippen molar-refractivity contribution in [3.05, 3.63) is 41.7 Å². The second-order valence-corrected chi connectivity index (χ2v) is 3.80. The number of nitrogens with zero attached hydrogens (tertiary/aromatic N) is 1. The summed E-state index contributed by atoms with van der Waals surface area (Å²) < 4.78 is 12.9. The molecule has 1 aromatic rings. The van der Waals surface area contributed by atoms with Gasteiger partial charge in [0.25, 0.3) is 5.91 Å². The molecule has 1 heterocycles. The SMILES string of the molecule is O=C(/C=C/c1cccc(F)c1)NN1CC(=O)NC1=O. The maximum atomic E-state index is 12.9. The normalized spacial score (nSPS) is 14.9. The van der Waals surface area contributed by atoms with Gasteiger partial charge in [0.1, 0.15) is 12.4 Å². The van der Waals surface area contributed by atoms with Gasteiger partial charge < -0.3 is 0 Å². The number of benzene rings is 1.